The van der Waals surface area contributed by atoms with Crippen LogP contribution in [-0.4, -0.2) is 62.9 Å². The second-order valence-corrected chi connectivity index (χ2v) is 8.70. The molecule has 4 rings (SSSR count). The third-order valence-electron chi connectivity index (χ3n) is 5.61. The van der Waals surface area contributed by atoms with Gasteiger partial charge < -0.3 is 15.0 Å². The Morgan fingerprint density at radius 1 is 1.20 bits per heavy atom. The number of esters is 1. The molecule has 3 aromatic rings. The number of rotatable bonds is 9. The molecule has 10 nitrogen and oxygen atoms in total. The number of anilines is 1. The van der Waals surface area contributed by atoms with E-state index in [1.807, 2.05) is 0 Å². The summed E-state index contributed by atoms with van der Waals surface area (Å²) in [4.78, 5) is 55.2. The van der Waals surface area contributed by atoms with E-state index < -0.39 is 5.97 Å². The van der Waals surface area contributed by atoms with Crippen molar-refractivity contribution in [3.63, 3.8) is 0 Å². The highest BCUT2D eigenvalue weighted by Crippen LogP contribution is 2.28. The number of nitrogens with zero attached hydrogens (tertiary/aromatic N) is 4. The van der Waals surface area contributed by atoms with Crippen LogP contribution in [0.2, 0.25) is 5.15 Å². The molecule has 0 aliphatic heterocycles. The van der Waals surface area contributed by atoms with Gasteiger partial charge >= 0.3 is 5.97 Å². The van der Waals surface area contributed by atoms with E-state index in [1.54, 1.807) is 36.4 Å². The predicted octanol–water partition coefficient (Wildman–Crippen LogP) is 2.63. The first-order valence-corrected chi connectivity index (χ1v) is 11.4. The van der Waals surface area contributed by atoms with Gasteiger partial charge in [-0.15, -0.1) is 0 Å². The zero-order valence-electron chi connectivity index (χ0n) is 19.3. The van der Waals surface area contributed by atoms with Gasteiger partial charge in [-0.25, -0.2) is 4.98 Å². The number of amides is 2. The average Bonchev–Trinajstić information content (AvgIpc) is 3.59. The number of aromatic nitrogens is 3. The zero-order valence-corrected chi connectivity index (χ0v) is 20.0. The number of nitrogens with one attached hydrogen (secondary N) is 1. The fraction of sp³-hybridized carbons (Fsp3) is 0.333. The number of fused-ring (bicyclic) bond motifs is 1. The van der Waals surface area contributed by atoms with Gasteiger partial charge in [0.25, 0.3) is 0 Å². The van der Waals surface area contributed by atoms with Gasteiger partial charge in [0, 0.05) is 18.4 Å². The van der Waals surface area contributed by atoms with Crippen molar-refractivity contribution < 1.29 is 23.9 Å². The van der Waals surface area contributed by atoms with Crippen molar-refractivity contribution in [2.75, 3.05) is 19.0 Å². The quantitative estimate of drug-likeness (QED) is 0.274. The molecule has 0 saturated heterocycles. The maximum Gasteiger partial charge on any atom is 0.309 e. The van der Waals surface area contributed by atoms with Gasteiger partial charge in [-0.2, -0.15) is 5.10 Å². The summed E-state index contributed by atoms with van der Waals surface area (Å²) in [6.07, 6.45) is 1.67. The Hall–Kier alpha value is -3.79. The van der Waals surface area contributed by atoms with Crippen LogP contribution in [0.4, 0.5) is 5.82 Å². The molecule has 0 unspecified atom stereocenters. The van der Waals surface area contributed by atoms with Crippen LogP contribution >= 0.6 is 11.6 Å². The minimum absolute atomic E-state index is 0.0265. The second-order valence-electron chi connectivity index (χ2n) is 8.31. The summed E-state index contributed by atoms with van der Waals surface area (Å²) < 4.78 is 6.17. The number of ether oxygens (including phenoxy) is 1. The van der Waals surface area contributed by atoms with E-state index in [0.29, 0.717) is 22.3 Å². The molecule has 0 radical (unpaired) electrons. The minimum Gasteiger partial charge on any atom is -0.469 e. The largest absolute Gasteiger partial charge is 0.469 e. The molecule has 2 aromatic heterocycles. The highest BCUT2D eigenvalue weighted by Gasteiger charge is 2.34. The van der Waals surface area contributed by atoms with E-state index >= 15 is 0 Å². The van der Waals surface area contributed by atoms with Crippen molar-refractivity contribution in [2.45, 2.75) is 38.8 Å². The van der Waals surface area contributed by atoms with Gasteiger partial charge in [0.15, 0.2) is 5.78 Å². The van der Waals surface area contributed by atoms with Crippen LogP contribution in [-0.2, 0) is 32.1 Å². The number of carbonyl (C=O) groups is 4. The Balaban J connectivity index is 1.53. The van der Waals surface area contributed by atoms with Crippen LogP contribution < -0.4 is 5.32 Å². The zero-order chi connectivity index (χ0) is 25.1. The van der Waals surface area contributed by atoms with E-state index in [-0.39, 0.29) is 54.0 Å². The lowest BCUT2D eigenvalue weighted by Crippen LogP contribution is -2.41. The molecule has 1 aliphatic carbocycles. The minimum atomic E-state index is -0.400. The summed E-state index contributed by atoms with van der Waals surface area (Å²) in [6, 6.07) is 10.0. The lowest BCUT2D eigenvalue weighted by Gasteiger charge is -2.22. The molecule has 1 fully saturated rings. The van der Waals surface area contributed by atoms with E-state index in [9.17, 15) is 19.2 Å². The van der Waals surface area contributed by atoms with Gasteiger partial charge in [0.1, 0.15) is 29.8 Å². The molecule has 0 spiro atoms. The highest BCUT2D eigenvalue weighted by molar-refractivity contribution is 6.29. The normalized spacial score (nSPS) is 12.9. The number of halogens is 1. The van der Waals surface area contributed by atoms with Crippen LogP contribution in [0.5, 0.6) is 0 Å². The number of methoxy groups -OCH3 is 1. The molecule has 1 aliphatic rings. The summed E-state index contributed by atoms with van der Waals surface area (Å²) in [6.45, 7) is 1.12. The molecule has 182 valence electrons. The third kappa shape index (κ3) is 5.83. The molecule has 2 amide bonds. The van der Waals surface area contributed by atoms with Crippen molar-refractivity contribution >= 4 is 51.9 Å². The van der Waals surface area contributed by atoms with Crippen molar-refractivity contribution in [1.82, 2.24) is 19.7 Å². The molecule has 11 heteroatoms. The van der Waals surface area contributed by atoms with Crippen LogP contribution in [0.3, 0.4) is 0 Å². The molecule has 1 saturated carbocycles. The number of hydrogen-bond donors (Lipinski definition) is 1. The second kappa shape index (κ2) is 10.2. The summed E-state index contributed by atoms with van der Waals surface area (Å²) >= 11 is 5.87. The van der Waals surface area contributed by atoms with Gasteiger partial charge in [0.2, 0.25) is 11.8 Å². The Bertz CT molecular complexity index is 1320. The monoisotopic (exact) mass is 497 g/mol. The summed E-state index contributed by atoms with van der Waals surface area (Å²) in [5.74, 6) is -1.04. The lowest BCUT2D eigenvalue weighted by molar-refractivity contribution is -0.139. The summed E-state index contributed by atoms with van der Waals surface area (Å²) in [5.41, 5.74) is 1.46. The maximum atomic E-state index is 13.2. The Labute approximate surface area is 206 Å². The number of Topliss-reactive ketones (excluding diaryl/α,β-unsaturated/α-hetero) is 1. The lowest BCUT2D eigenvalue weighted by atomic mass is 10.1. The highest BCUT2D eigenvalue weighted by atomic mass is 35.5. The molecular formula is C24H24ClN5O5. The van der Waals surface area contributed by atoms with E-state index in [4.69, 9.17) is 16.3 Å². The van der Waals surface area contributed by atoms with Gasteiger partial charge in [0.05, 0.1) is 19.0 Å². The topological polar surface area (TPSA) is 123 Å². The van der Waals surface area contributed by atoms with Crippen molar-refractivity contribution in [3.8, 4) is 0 Å². The van der Waals surface area contributed by atoms with E-state index in [1.165, 1.54) is 23.6 Å². The predicted molar refractivity (Wildman–Crippen MR) is 128 cm³/mol. The number of pyridine rings is 1. The van der Waals surface area contributed by atoms with Crippen LogP contribution in [0.25, 0.3) is 10.9 Å². The van der Waals surface area contributed by atoms with E-state index in [2.05, 4.69) is 15.4 Å². The third-order valence-corrected chi connectivity index (χ3v) is 5.82. The molecule has 2 heterocycles. The fourth-order valence-electron chi connectivity index (χ4n) is 3.80. The van der Waals surface area contributed by atoms with Gasteiger partial charge in [-0.05, 0) is 42.7 Å². The Morgan fingerprint density at radius 3 is 2.63 bits per heavy atom. The summed E-state index contributed by atoms with van der Waals surface area (Å²) in [5, 5.41) is 7.82. The maximum absolute atomic E-state index is 13.2. The first-order valence-electron chi connectivity index (χ1n) is 11.0. The van der Waals surface area contributed by atoms with Crippen molar-refractivity contribution in [1.29, 1.82) is 0 Å². The molecule has 0 atom stereocenters. The summed E-state index contributed by atoms with van der Waals surface area (Å²) in [7, 11) is 1.31. The SMILES string of the molecule is COC(=O)Cc1ccc2c(c1)c(C(C)=O)nn2CC(=O)N(CC(=O)Nc1cccc(Cl)n1)C1CC1. The molecular weight excluding hydrogens is 474 g/mol. The Morgan fingerprint density at radius 2 is 1.97 bits per heavy atom. The van der Waals surface area contributed by atoms with Crippen LogP contribution in [0, 0.1) is 0 Å². The number of hydrogen-bond acceptors (Lipinski definition) is 7. The first kappa shape index (κ1) is 24.3. The standard InChI is InChI=1S/C24H24ClN5O5/c1-14(31)24-17-10-15(11-23(34)35-2)6-9-18(17)30(28-24)13-22(33)29(16-7-8-16)12-21(32)27-20-5-3-4-19(25)26-20/h3-6,9-10,16H,7-8,11-13H2,1-2H3,(H,26,27,32). The molecule has 1 N–H and O–H groups in total. The average molecular weight is 498 g/mol. The molecule has 1 aromatic carbocycles. The first-order chi connectivity index (χ1) is 16.7. The van der Waals surface area contributed by atoms with Crippen LogP contribution in [0.1, 0.15) is 35.8 Å². The Kier molecular flexibility index (Phi) is 7.11. The van der Waals surface area contributed by atoms with Gasteiger partial charge in [-0.1, -0.05) is 23.7 Å². The van der Waals surface area contributed by atoms with Gasteiger partial charge in [-0.3, -0.25) is 23.9 Å². The van der Waals surface area contributed by atoms with Crippen molar-refractivity contribution in [2.24, 2.45) is 0 Å². The van der Waals surface area contributed by atoms with E-state index in [0.717, 1.165) is 12.8 Å². The molecule has 0 bridgehead atoms. The smallest absolute Gasteiger partial charge is 0.309 e. The molecule has 35 heavy (non-hydrogen) atoms. The fourth-order valence-corrected chi connectivity index (χ4v) is 3.96. The number of ketones is 1. The van der Waals surface area contributed by atoms with Crippen LogP contribution in [0.15, 0.2) is 36.4 Å². The number of benzene rings is 1. The van der Waals surface area contributed by atoms with Crippen molar-refractivity contribution in [3.05, 3.63) is 52.8 Å². The number of carbonyl (C=O) groups excluding carboxylic acids is 4.